The summed E-state index contributed by atoms with van der Waals surface area (Å²) >= 11 is 13.8. The van der Waals surface area contributed by atoms with Crippen molar-refractivity contribution < 1.29 is 28.6 Å². The van der Waals surface area contributed by atoms with Gasteiger partial charge in [-0.05, 0) is 42.0 Å². The molecule has 12 heteroatoms. The van der Waals surface area contributed by atoms with Gasteiger partial charge in [-0.2, -0.15) is 0 Å². The number of hydrogen-bond acceptors (Lipinski definition) is 8. The average Bonchev–Trinajstić information content (AvgIpc) is 3.47. The summed E-state index contributed by atoms with van der Waals surface area (Å²) < 4.78 is 16.1. The number of carbonyl (C=O) groups excluding carboxylic acids is 3. The minimum atomic E-state index is -0.955. The predicted octanol–water partition coefficient (Wildman–Crippen LogP) is 4.88. The summed E-state index contributed by atoms with van der Waals surface area (Å²) in [6.45, 7) is 0.185. The second-order valence-electron chi connectivity index (χ2n) is 8.78. The Labute approximate surface area is 246 Å². The fourth-order valence-electron chi connectivity index (χ4n) is 3.93. The van der Waals surface area contributed by atoms with Crippen LogP contribution >= 0.6 is 35.0 Å². The predicted molar refractivity (Wildman–Crippen MR) is 152 cm³/mol. The molecule has 1 N–H and O–H groups in total. The van der Waals surface area contributed by atoms with Gasteiger partial charge in [0.05, 0.1) is 18.7 Å². The van der Waals surface area contributed by atoms with Crippen molar-refractivity contribution in [3.8, 4) is 5.75 Å². The smallest absolute Gasteiger partial charge is 0.411 e. The Morgan fingerprint density at radius 1 is 1.05 bits per heavy atom. The lowest BCUT2D eigenvalue weighted by atomic mass is 10.1. The summed E-state index contributed by atoms with van der Waals surface area (Å²) in [5.74, 6) is 0.188. The molecular weight excluding hydrogens is 577 g/mol. The van der Waals surface area contributed by atoms with Crippen molar-refractivity contribution in [2.45, 2.75) is 31.7 Å². The molecule has 1 fully saturated rings. The standard InChI is InChI=1S/C28H27Cl2N3O6S/c1-37-27(35)24(13-18-8-10-20(11-9-18)38-15-21-22(29)6-4-7-23(21)30)32-26(34)25-16-40-17-33(25)28(36)39-14-19-5-2-3-12-31-19/h2-12,24-25H,13-17H2,1H3,(H,32,34). The number of pyridine rings is 1. The molecule has 0 saturated carbocycles. The van der Waals surface area contributed by atoms with Crippen LogP contribution in [0.1, 0.15) is 16.8 Å². The third-order valence-electron chi connectivity index (χ3n) is 6.10. The molecular formula is C28H27Cl2N3O6S. The first-order valence-electron chi connectivity index (χ1n) is 12.3. The minimum Gasteiger partial charge on any atom is -0.489 e. The van der Waals surface area contributed by atoms with Crippen LogP contribution in [0.4, 0.5) is 4.79 Å². The van der Waals surface area contributed by atoms with E-state index in [9.17, 15) is 14.4 Å². The van der Waals surface area contributed by atoms with Gasteiger partial charge in [0, 0.05) is 34.0 Å². The van der Waals surface area contributed by atoms with Gasteiger partial charge < -0.3 is 19.5 Å². The number of ether oxygens (including phenoxy) is 3. The van der Waals surface area contributed by atoms with E-state index in [0.717, 1.165) is 5.56 Å². The molecule has 1 aliphatic heterocycles. The number of halogens is 2. The third-order valence-corrected chi connectivity index (χ3v) is 7.82. The maximum Gasteiger partial charge on any atom is 0.411 e. The largest absolute Gasteiger partial charge is 0.489 e. The van der Waals surface area contributed by atoms with Crippen molar-refractivity contribution in [1.82, 2.24) is 15.2 Å². The van der Waals surface area contributed by atoms with E-state index in [2.05, 4.69) is 10.3 Å². The first kappa shape index (κ1) is 29.5. The Kier molecular flexibility index (Phi) is 10.5. The van der Waals surface area contributed by atoms with E-state index < -0.39 is 30.1 Å². The maximum absolute atomic E-state index is 13.1. The highest BCUT2D eigenvalue weighted by Gasteiger charge is 2.37. The summed E-state index contributed by atoms with van der Waals surface area (Å²) in [6.07, 6.45) is 1.16. The van der Waals surface area contributed by atoms with Gasteiger partial charge in [0.1, 0.15) is 31.0 Å². The third kappa shape index (κ3) is 7.80. The van der Waals surface area contributed by atoms with Crippen LogP contribution in [0.15, 0.2) is 66.9 Å². The number of rotatable bonds is 10. The average molecular weight is 605 g/mol. The van der Waals surface area contributed by atoms with Crippen LogP contribution in [0.5, 0.6) is 5.75 Å². The lowest BCUT2D eigenvalue weighted by Gasteiger charge is -2.24. The molecule has 2 heterocycles. The van der Waals surface area contributed by atoms with Crippen molar-refractivity contribution in [1.29, 1.82) is 0 Å². The number of benzene rings is 2. The van der Waals surface area contributed by atoms with Crippen LogP contribution < -0.4 is 10.1 Å². The van der Waals surface area contributed by atoms with Crippen LogP contribution in [0.3, 0.4) is 0 Å². The molecule has 40 heavy (non-hydrogen) atoms. The zero-order valence-electron chi connectivity index (χ0n) is 21.5. The van der Waals surface area contributed by atoms with Crippen LogP contribution in [0, 0.1) is 0 Å². The molecule has 2 atom stereocenters. The molecule has 210 valence electrons. The quantitative estimate of drug-likeness (QED) is 0.327. The SMILES string of the molecule is COC(=O)C(Cc1ccc(OCc2c(Cl)cccc2Cl)cc1)NC(=O)C1CSCN1C(=O)OCc1ccccn1. The molecule has 9 nitrogen and oxygen atoms in total. The topological polar surface area (TPSA) is 107 Å². The van der Waals surface area contributed by atoms with Crippen molar-refractivity contribution >= 4 is 52.9 Å². The Morgan fingerprint density at radius 3 is 2.48 bits per heavy atom. The van der Waals surface area contributed by atoms with Crippen molar-refractivity contribution in [2.75, 3.05) is 18.7 Å². The molecule has 1 aliphatic rings. The molecule has 0 radical (unpaired) electrons. The summed E-state index contributed by atoms with van der Waals surface area (Å²) in [7, 11) is 1.25. The highest BCUT2D eigenvalue weighted by Crippen LogP contribution is 2.26. The van der Waals surface area contributed by atoms with E-state index in [1.54, 1.807) is 66.9 Å². The summed E-state index contributed by atoms with van der Waals surface area (Å²) in [4.78, 5) is 43.8. The molecule has 1 aromatic heterocycles. The molecule has 3 aromatic rings. The van der Waals surface area contributed by atoms with Gasteiger partial charge >= 0.3 is 12.1 Å². The monoisotopic (exact) mass is 603 g/mol. The van der Waals surface area contributed by atoms with Crippen LogP contribution in [0.2, 0.25) is 10.0 Å². The van der Waals surface area contributed by atoms with Crippen molar-refractivity contribution in [2.24, 2.45) is 0 Å². The van der Waals surface area contributed by atoms with Crippen LogP contribution in [-0.2, 0) is 38.7 Å². The van der Waals surface area contributed by atoms with E-state index in [0.29, 0.717) is 38.7 Å². The molecule has 1 saturated heterocycles. The number of hydrogen-bond donors (Lipinski definition) is 1. The van der Waals surface area contributed by atoms with E-state index in [-0.39, 0.29) is 19.6 Å². The second kappa shape index (κ2) is 14.2. The maximum atomic E-state index is 13.1. The minimum absolute atomic E-state index is 0.00883. The van der Waals surface area contributed by atoms with E-state index in [1.807, 2.05) is 0 Å². The van der Waals surface area contributed by atoms with E-state index in [4.69, 9.17) is 37.4 Å². The zero-order chi connectivity index (χ0) is 28.5. The van der Waals surface area contributed by atoms with Gasteiger partial charge in [-0.15, -0.1) is 11.8 Å². The number of aromatic nitrogens is 1. The molecule has 4 rings (SSSR count). The molecule has 0 bridgehead atoms. The first-order valence-corrected chi connectivity index (χ1v) is 14.2. The van der Waals surface area contributed by atoms with E-state index in [1.165, 1.54) is 23.8 Å². The number of amides is 2. The number of nitrogens with one attached hydrogen (secondary N) is 1. The number of carbonyl (C=O) groups is 3. The number of esters is 1. The fourth-order valence-corrected chi connectivity index (χ4v) is 5.58. The van der Waals surface area contributed by atoms with Gasteiger partial charge in [0.25, 0.3) is 0 Å². The van der Waals surface area contributed by atoms with Crippen molar-refractivity contribution in [3.63, 3.8) is 0 Å². The Hall–Kier alpha value is -3.47. The fraction of sp³-hybridized carbons (Fsp3) is 0.286. The summed E-state index contributed by atoms with van der Waals surface area (Å²) in [6, 6.07) is 15.9. The Morgan fingerprint density at radius 2 is 1.80 bits per heavy atom. The second-order valence-corrected chi connectivity index (χ2v) is 10.6. The van der Waals surface area contributed by atoms with Crippen molar-refractivity contribution in [3.05, 3.63) is 93.7 Å². The first-order chi connectivity index (χ1) is 19.4. The lowest BCUT2D eigenvalue weighted by Crippen LogP contribution is -2.52. The molecule has 2 amide bonds. The van der Waals surface area contributed by atoms with Gasteiger partial charge in [0.2, 0.25) is 5.91 Å². The summed E-state index contributed by atoms with van der Waals surface area (Å²) in [5.41, 5.74) is 2.05. The Bertz CT molecular complexity index is 1310. The van der Waals surface area contributed by atoms with Gasteiger partial charge in [-0.1, -0.05) is 47.5 Å². The lowest BCUT2D eigenvalue weighted by molar-refractivity contribution is -0.145. The van der Waals surface area contributed by atoms with Gasteiger partial charge in [0.15, 0.2) is 0 Å². The van der Waals surface area contributed by atoms with Gasteiger partial charge in [-0.3, -0.25) is 14.7 Å². The highest BCUT2D eigenvalue weighted by atomic mass is 35.5. The zero-order valence-corrected chi connectivity index (χ0v) is 23.9. The van der Waals surface area contributed by atoms with Crippen LogP contribution in [-0.4, -0.2) is 58.7 Å². The molecule has 2 unspecified atom stereocenters. The Balaban J connectivity index is 1.34. The normalized spacial score (nSPS) is 15.3. The van der Waals surface area contributed by atoms with E-state index >= 15 is 0 Å². The highest BCUT2D eigenvalue weighted by molar-refractivity contribution is 7.99. The number of thioether (sulfide) groups is 1. The molecule has 0 spiro atoms. The summed E-state index contributed by atoms with van der Waals surface area (Å²) in [5, 5.41) is 3.77. The number of nitrogens with zero attached hydrogens (tertiary/aromatic N) is 2. The molecule has 2 aromatic carbocycles. The van der Waals surface area contributed by atoms with Gasteiger partial charge in [-0.25, -0.2) is 9.59 Å². The number of methoxy groups -OCH3 is 1. The molecule has 0 aliphatic carbocycles. The van der Waals surface area contributed by atoms with Crippen LogP contribution in [0.25, 0.3) is 0 Å².